The summed E-state index contributed by atoms with van der Waals surface area (Å²) in [6.07, 6.45) is 6.47. The van der Waals surface area contributed by atoms with Gasteiger partial charge in [-0.05, 0) is 107 Å². The van der Waals surface area contributed by atoms with E-state index in [1.165, 1.54) is 72.0 Å². The van der Waals surface area contributed by atoms with E-state index in [4.69, 9.17) is 0 Å². The van der Waals surface area contributed by atoms with E-state index in [9.17, 15) is 0 Å². The Hall–Kier alpha value is -5.40. The second-order valence-corrected chi connectivity index (χ2v) is 10.9. The molecule has 0 aliphatic heterocycles. The predicted octanol–water partition coefficient (Wildman–Crippen LogP) is 11.8. The normalized spacial score (nSPS) is 12.0. The summed E-state index contributed by atoms with van der Waals surface area (Å²) in [6, 6.07) is 52.8. The molecule has 6 aromatic carbocycles. The van der Waals surface area contributed by atoms with Crippen molar-refractivity contribution < 1.29 is 0 Å². The van der Waals surface area contributed by atoms with Gasteiger partial charge >= 0.3 is 0 Å². The quantitative estimate of drug-likeness (QED) is 0.181. The highest BCUT2D eigenvalue weighted by Crippen LogP contribution is 2.35. The van der Waals surface area contributed by atoms with Gasteiger partial charge in [0.25, 0.3) is 0 Å². The fourth-order valence-electron chi connectivity index (χ4n) is 6.18. The Balaban J connectivity index is 1.29. The average molecular weight is 552 g/mol. The lowest BCUT2D eigenvalue weighted by molar-refractivity contribution is 1.18. The molecule has 43 heavy (non-hydrogen) atoms. The number of nitrogens with zero attached hydrogens (tertiary/aromatic N) is 1. The second-order valence-electron chi connectivity index (χ2n) is 10.9. The molecule has 7 rings (SSSR count). The Bertz CT molecular complexity index is 2070. The molecule has 0 unspecified atom stereocenters. The zero-order valence-corrected chi connectivity index (χ0v) is 24.5. The van der Waals surface area contributed by atoms with E-state index in [2.05, 4.69) is 182 Å². The lowest BCUT2D eigenvalue weighted by atomic mass is 9.92. The Kier molecular flexibility index (Phi) is 7.07. The highest BCUT2D eigenvalue weighted by Gasteiger charge is 2.12. The van der Waals surface area contributed by atoms with Crippen molar-refractivity contribution in [3.63, 3.8) is 0 Å². The largest absolute Gasteiger partial charge is 0.309 e. The fourth-order valence-corrected chi connectivity index (χ4v) is 6.18. The highest BCUT2D eigenvalue weighted by molar-refractivity contribution is 6.09. The Labute approximate surface area is 253 Å². The molecular weight excluding hydrogens is 518 g/mol. The average Bonchev–Trinajstić information content (AvgIpc) is 3.42. The monoisotopic (exact) mass is 551 g/mol. The van der Waals surface area contributed by atoms with Crippen LogP contribution in [0.2, 0.25) is 0 Å². The van der Waals surface area contributed by atoms with Crippen LogP contribution in [0.4, 0.5) is 0 Å². The maximum atomic E-state index is 2.37. The van der Waals surface area contributed by atoms with Gasteiger partial charge in [0.2, 0.25) is 0 Å². The molecule has 0 radical (unpaired) electrons. The van der Waals surface area contributed by atoms with Crippen molar-refractivity contribution in [3.05, 3.63) is 169 Å². The van der Waals surface area contributed by atoms with Gasteiger partial charge in [-0.2, -0.15) is 0 Å². The third kappa shape index (κ3) is 5.00. The summed E-state index contributed by atoms with van der Waals surface area (Å²) < 4.78 is 2.37. The van der Waals surface area contributed by atoms with Crippen molar-refractivity contribution in [2.45, 2.75) is 13.8 Å². The third-order valence-corrected chi connectivity index (χ3v) is 8.27. The Morgan fingerprint density at radius 1 is 0.465 bits per heavy atom. The van der Waals surface area contributed by atoms with Crippen LogP contribution in [0.3, 0.4) is 0 Å². The zero-order valence-electron chi connectivity index (χ0n) is 24.5. The van der Waals surface area contributed by atoms with Crippen molar-refractivity contribution in [3.8, 4) is 39.1 Å². The van der Waals surface area contributed by atoms with Gasteiger partial charge in [-0.3, -0.25) is 0 Å². The first-order chi connectivity index (χ1) is 21.2. The molecule has 1 nitrogen and oxygen atoms in total. The van der Waals surface area contributed by atoms with Crippen LogP contribution in [-0.4, -0.2) is 4.57 Å². The smallest absolute Gasteiger partial charge is 0.0541 e. The van der Waals surface area contributed by atoms with Crippen molar-refractivity contribution in [1.82, 2.24) is 4.57 Å². The minimum atomic E-state index is 1.17. The third-order valence-electron chi connectivity index (χ3n) is 8.27. The lowest BCUT2D eigenvalue weighted by Crippen LogP contribution is -1.93. The molecule has 7 aromatic rings. The number of fused-ring (bicyclic) bond motifs is 3. The van der Waals surface area contributed by atoms with Crippen LogP contribution in [0, 0.1) is 0 Å². The van der Waals surface area contributed by atoms with Gasteiger partial charge in [0.15, 0.2) is 0 Å². The number of allylic oxidation sites excluding steroid dienone is 4. The number of benzene rings is 6. The van der Waals surface area contributed by atoms with E-state index in [-0.39, 0.29) is 0 Å². The van der Waals surface area contributed by atoms with Gasteiger partial charge in [0.05, 0.1) is 11.0 Å². The van der Waals surface area contributed by atoms with Gasteiger partial charge < -0.3 is 4.57 Å². The van der Waals surface area contributed by atoms with Gasteiger partial charge in [-0.15, -0.1) is 0 Å². The van der Waals surface area contributed by atoms with Crippen molar-refractivity contribution >= 4 is 27.4 Å². The number of rotatable bonds is 6. The van der Waals surface area contributed by atoms with Crippen molar-refractivity contribution in [1.29, 1.82) is 0 Å². The van der Waals surface area contributed by atoms with Crippen LogP contribution < -0.4 is 0 Å². The molecule has 1 heteroatoms. The molecule has 0 saturated carbocycles. The Morgan fingerprint density at radius 3 is 1.60 bits per heavy atom. The second kappa shape index (κ2) is 11.5. The van der Waals surface area contributed by atoms with Crippen LogP contribution in [0.25, 0.3) is 66.4 Å². The van der Waals surface area contributed by atoms with E-state index in [1.54, 1.807) is 0 Å². The highest BCUT2D eigenvalue weighted by atomic mass is 15.0. The summed E-state index contributed by atoms with van der Waals surface area (Å²) in [6.45, 7) is 4.18. The standard InChI is InChI=1S/C42H33N/c1-3-13-30(4-2)35-27-36(31-14-6-5-7-15-31)29-37(28-35)34-17-12-16-33(26-34)32-22-24-38(25-23-32)43-41-20-10-8-18-39(41)40-19-9-11-21-42(40)43/h3-29H,1-2H3. The van der Waals surface area contributed by atoms with E-state index in [1.807, 2.05) is 0 Å². The number of hydrogen-bond acceptors (Lipinski definition) is 0. The van der Waals surface area contributed by atoms with Crippen LogP contribution >= 0.6 is 0 Å². The summed E-state index contributed by atoms with van der Waals surface area (Å²) >= 11 is 0. The SMILES string of the molecule is CC=CC(=CC)c1cc(-c2ccccc2)cc(-c2cccc(-c3ccc(-n4c5ccccc5c5ccccc54)cc3)c2)c1. The maximum Gasteiger partial charge on any atom is 0.0541 e. The maximum absolute atomic E-state index is 2.37. The van der Waals surface area contributed by atoms with E-state index < -0.39 is 0 Å². The number of aromatic nitrogens is 1. The fraction of sp³-hybridized carbons (Fsp3) is 0.0476. The van der Waals surface area contributed by atoms with Crippen molar-refractivity contribution in [2.75, 3.05) is 0 Å². The summed E-state index contributed by atoms with van der Waals surface area (Å²) in [5, 5.41) is 2.56. The number of para-hydroxylation sites is 2. The molecule has 0 N–H and O–H groups in total. The van der Waals surface area contributed by atoms with Crippen LogP contribution in [0.1, 0.15) is 19.4 Å². The molecule has 0 bridgehead atoms. The molecule has 1 heterocycles. The summed E-state index contributed by atoms with van der Waals surface area (Å²) in [5.74, 6) is 0. The van der Waals surface area contributed by atoms with Gasteiger partial charge in [0.1, 0.15) is 0 Å². The topological polar surface area (TPSA) is 4.93 Å². The molecular formula is C42H33N. The van der Waals surface area contributed by atoms with E-state index in [0.717, 1.165) is 0 Å². The molecule has 206 valence electrons. The molecule has 0 fully saturated rings. The molecule has 1 aromatic heterocycles. The van der Waals surface area contributed by atoms with Gasteiger partial charge in [0, 0.05) is 16.5 Å². The minimum Gasteiger partial charge on any atom is -0.309 e. The summed E-state index contributed by atoms with van der Waals surface area (Å²) in [4.78, 5) is 0. The van der Waals surface area contributed by atoms with Gasteiger partial charge in [-0.25, -0.2) is 0 Å². The molecule has 0 amide bonds. The summed E-state index contributed by atoms with van der Waals surface area (Å²) in [5.41, 5.74) is 13.3. The van der Waals surface area contributed by atoms with Crippen molar-refractivity contribution in [2.24, 2.45) is 0 Å². The molecule has 0 aliphatic rings. The zero-order chi connectivity index (χ0) is 29.2. The molecule has 0 spiro atoms. The first-order valence-corrected chi connectivity index (χ1v) is 14.9. The lowest BCUT2D eigenvalue weighted by Gasteiger charge is -2.13. The Morgan fingerprint density at radius 2 is 0.977 bits per heavy atom. The molecule has 0 saturated heterocycles. The predicted molar refractivity (Wildman–Crippen MR) is 186 cm³/mol. The van der Waals surface area contributed by atoms with Crippen LogP contribution in [0.15, 0.2) is 164 Å². The van der Waals surface area contributed by atoms with Crippen LogP contribution in [-0.2, 0) is 0 Å². The molecule has 0 aliphatic carbocycles. The van der Waals surface area contributed by atoms with Crippen LogP contribution in [0.5, 0.6) is 0 Å². The first-order valence-electron chi connectivity index (χ1n) is 14.9. The van der Waals surface area contributed by atoms with E-state index in [0.29, 0.717) is 0 Å². The summed E-state index contributed by atoms with van der Waals surface area (Å²) in [7, 11) is 0. The van der Waals surface area contributed by atoms with E-state index >= 15 is 0 Å². The molecule has 0 atom stereocenters. The van der Waals surface area contributed by atoms with Gasteiger partial charge in [-0.1, -0.05) is 115 Å². The minimum absolute atomic E-state index is 1.17. The first kappa shape index (κ1) is 26.5. The number of hydrogen-bond donors (Lipinski definition) is 0.